The third-order valence-corrected chi connectivity index (χ3v) is 1.88. The number of hydrogen-bond donors (Lipinski definition) is 2. The Morgan fingerprint density at radius 1 is 1.58 bits per heavy atom. The highest BCUT2D eigenvalue weighted by molar-refractivity contribution is 5.63. The van der Waals surface area contributed by atoms with E-state index in [0.717, 1.165) is 30.7 Å². The first-order valence-electron chi connectivity index (χ1n) is 3.98. The molecule has 0 bridgehead atoms. The summed E-state index contributed by atoms with van der Waals surface area (Å²) in [4.78, 5) is 0. The molecule has 0 saturated carbocycles. The molecule has 0 aliphatic carbocycles. The molecule has 0 radical (unpaired) electrons. The van der Waals surface area contributed by atoms with E-state index < -0.39 is 0 Å². The molecule has 64 valence electrons. The summed E-state index contributed by atoms with van der Waals surface area (Å²) in [5, 5.41) is 6.70. The lowest BCUT2D eigenvalue weighted by molar-refractivity contribution is 0.235. The van der Waals surface area contributed by atoms with Gasteiger partial charge in [-0.1, -0.05) is 0 Å². The minimum absolute atomic E-state index is 0.525. The van der Waals surface area contributed by atoms with E-state index in [9.17, 15) is 0 Å². The monoisotopic (exact) mass is 165 g/mol. The first kappa shape index (κ1) is 7.21. The maximum atomic E-state index is 5.47. The molecule has 3 N–H and O–H groups in total. The fourth-order valence-corrected chi connectivity index (χ4v) is 1.26. The van der Waals surface area contributed by atoms with Crippen molar-refractivity contribution in [1.29, 1.82) is 0 Å². The van der Waals surface area contributed by atoms with Crippen LogP contribution in [0.25, 0.3) is 5.57 Å². The topological polar surface area (TPSA) is 63.9 Å². The largest absolute Gasteiger partial charge is 0.501 e. The number of hydrogen-bond acceptors (Lipinski definition) is 3. The second-order valence-electron chi connectivity index (χ2n) is 2.82. The van der Waals surface area contributed by atoms with Crippen molar-refractivity contribution in [2.45, 2.75) is 12.8 Å². The molecular weight excluding hydrogens is 154 g/mol. The second-order valence-corrected chi connectivity index (χ2v) is 2.82. The van der Waals surface area contributed by atoms with Crippen LogP contribution < -0.4 is 5.73 Å². The Hall–Kier alpha value is -1.45. The summed E-state index contributed by atoms with van der Waals surface area (Å²) in [5.41, 5.74) is 7.58. The lowest BCUT2D eigenvalue weighted by Crippen LogP contribution is -1.98. The van der Waals surface area contributed by atoms with Crippen LogP contribution in [0.5, 0.6) is 0 Å². The predicted molar refractivity (Wildman–Crippen MR) is 46.2 cm³/mol. The van der Waals surface area contributed by atoms with E-state index in [1.165, 1.54) is 0 Å². The summed E-state index contributed by atoms with van der Waals surface area (Å²) < 4.78 is 5.20. The zero-order valence-electron chi connectivity index (χ0n) is 6.71. The van der Waals surface area contributed by atoms with Crippen molar-refractivity contribution >= 4 is 11.4 Å². The van der Waals surface area contributed by atoms with E-state index >= 15 is 0 Å². The molecule has 0 amide bonds. The Morgan fingerprint density at radius 3 is 3.08 bits per heavy atom. The van der Waals surface area contributed by atoms with E-state index in [4.69, 9.17) is 10.5 Å². The minimum atomic E-state index is 0.525. The number of allylic oxidation sites excluding steroid dienone is 1. The number of aromatic amines is 1. The van der Waals surface area contributed by atoms with Gasteiger partial charge < -0.3 is 10.5 Å². The molecule has 0 unspecified atom stereocenters. The standard InChI is InChI=1S/C8H11N3O/c9-8-4-7(10-11-8)6-2-1-3-12-5-6/h4-5H,1-3H2,(H3,9,10,11). The molecule has 12 heavy (non-hydrogen) atoms. The number of rotatable bonds is 1. The number of ether oxygens (including phenoxy) is 1. The Labute approximate surface area is 70.4 Å². The molecule has 1 aliphatic heterocycles. The maximum Gasteiger partial charge on any atom is 0.145 e. The highest BCUT2D eigenvalue weighted by atomic mass is 16.5. The van der Waals surface area contributed by atoms with Gasteiger partial charge in [-0.15, -0.1) is 0 Å². The number of nitrogens with one attached hydrogen (secondary N) is 1. The molecule has 0 aromatic carbocycles. The first-order chi connectivity index (χ1) is 5.86. The molecule has 4 nitrogen and oxygen atoms in total. The summed E-state index contributed by atoms with van der Waals surface area (Å²) in [7, 11) is 0. The fourth-order valence-electron chi connectivity index (χ4n) is 1.26. The van der Waals surface area contributed by atoms with Gasteiger partial charge in [-0.05, 0) is 12.8 Å². The molecule has 1 aromatic rings. The summed E-state index contributed by atoms with van der Waals surface area (Å²) in [6.07, 6.45) is 3.86. The molecule has 0 spiro atoms. The van der Waals surface area contributed by atoms with Crippen LogP contribution in [0.4, 0.5) is 5.82 Å². The first-order valence-corrected chi connectivity index (χ1v) is 3.98. The molecule has 2 rings (SSSR count). The molecule has 0 atom stereocenters. The SMILES string of the molecule is Nc1cc(C2=COCCC2)[nH]n1. The highest BCUT2D eigenvalue weighted by Crippen LogP contribution is 2.22. The van der Waals surface area contributed by atoms with Crippen molar-refractivity contribution in [3.05, 3.63) is 18.0 Å². The molecule has 0 saturated heterocycles. The van der Waals surface area contributed by atoms with Crippen molar-refractivity contribution in [3.8, 4) is 0 Å². The van der Waals surface area contributed by atoms with Gasteiger partial charge in [-0.25, -0.2) is 0 Å². The average Bonchev–Trinajstić information content (AvgIpc) is 2.54. The third-order valence-electron chi connectivity index (χ3n) is 1.88. The fraction of sp³-hybridized carbons (Fsp3) is 0.375. The van der Waals surface area contributed by atoms with Gasteiger partial charge >= 0.3 is 0 Å². The summed E-state index contributed by atoms with van der Waals surface area (Å²) in [6, 6.07) is 1.82. The van der Waals surface area contributed by atoms with Crippen LogP contribution in [0, 0.1) is 0 Å². The van der Waals surface area contributed by atoms with E-state index in [2.05, 4.69) is 10.2 Å². The van der Waals surface area contributed by atoms with E-state index in [0.29, 0.717) is 5.82 Å². The van der Waals surface area contributed by atoms with Crippen molar-refractivity contribution in [1.82, 2.24) is 10.2 Å². The number of nitrogens with zero attached hydrogens (tertiary/aromatic N) is 1. The van der Waals surface area contributed by atoms with Crippen LogP contribution in [0.1, 0.15) is 18.5 Å². The number of H-pyrrole nitrogens is 1. The second kappa shape index (κ2) is 2.89. The van der Waals surface area contributed by atoms with Crippen LogP contribution in [-0.4, -0.2) is 16.8 Å². The maximum absolute atomic E-state index is 5.47. The Balaban J connectivity index is 2.23. The summed E-state index contributed by atoms with van der Waals surface area (Å²) in [5.74, 6) is 0.525. The van der Waals surface area contributed by atoms with Gasteiger partial charge in [-0.3, -0.25) is 5.10 Å². The molecule has 0 fully saturated rings. The summed E-state index contributed by atoms with van der Waals surface area (Å²) in [6.45, 7) is 0.813. The van der Waals surface area contributed by atoms with Crippen molar-refractivity contribution in [3.63, 3.8) is 0 Å². The highest BCUT2D eigenvalue weighted by Gasteiger charge is 2.08. The van der Waals surface area contributed by atoms with Crippen LogP contribution in [-0.2, 0) is 4.74 Å². The zero-order chi connectivity index (χ0) is 8.39. The third kappa shape index (κ3) is 1.28. The van der Waals surface area contributed by atoms with Gasteiger partial charge in [0.05, 0.1) is 18.6 Å². The van der Waals surface area contributed by atoms with E-state index in [-0.39, 0.29) is 0 Å². The number of aromatic nitrogens is 2. The Bertz CT molecular complexity index is 303. The number of anilines is 1. The normalized spacial score (nSPS) is 16.8. The molecule has 1 aromatic heterocycles. The van der Waals surface area contributed by atoms with Gasteiger partial charge in [0.1, 0.15) is 5.82 Å². The van der Waals surface area contributed by atoms with Crippen LogP contribution >= 0.6 is 0 Å². The van der Waals surface area contributed by atoms with E-state index in [1.54, 1.807) is 6.26 Å². The quantitative estimate of drug-likeness (QED) is 0.656. The number of nitrogens with two attached hydrogens (primary N) is 1. The Kier molecular flexibility index (Phi) is 1.74. The predicted octanol–water partition coefficient (Wildman–Crippen LogP) is 1.14. The molecular formula is C8H11N3O. The smallest absolute Gasteiger partial charge is 0.145 e. The van der Waals surface area contributed by atoms with Crippen LogP contribution in [0.2, 0.25) is 0 Å². The van der Waals surface area contributed by atoms with Crippen LogP contribution in [0.3, 0.4) is 0 Å². The molecule has 4 heteroatoms. The summed E-state index contributed by atoms with van der Waals surface area (Å²) >= 11 is 0. The van der Waals surface area contributed by atoms with Gasteiger partial charge in [-0.2, -0.15) is 5.10 Å². The van der Waals surface area contributed by atoms with Gasteiger partial charge in [0, 0.05) is 11.6 Å². The van der Waals surface area contributed by atoms with Crippen molar-refractivity contribution in [2.24, 2.45) is 0 Å². The molecule has 2 heterocycles. The minimum Gasteiger partial charge on any atom is -0.501 e. The molecule has 1 aliphatic rings. The van der Waals surface area contributed by atoms with Gasteiger partial charge in [0.2, 0.25) is 0 Å². The number of nitrogen functional groups attached to an aromatic ring is 1. The van der Waals surface area contributed by atoms with Gasteiger partial charge in [0.15, 0.2) is 0 Å². The van der Waals surface area contributed by atoms with Crippen LogP contribution in [0.15, 0.2) is 12.3 Å². The van der Waals surface area contributed by atoms with E-state index in [1.807, 2.05) is 6.07 Å². The van der Waals surface area contributed by atoms with Crippen molar-refractivity contribution in [2.75, 3.05) is 12.3 Å². The average molecular weight is 165 g/mol. The van der Waals surface area contributed by atoms with Gasteiger partial charge in [0.25, 0.3) is 0 Å². The zero-order valence-corrected chi connectivity index (χ0v) is 6.71. The Morgan fingerprint density at radius 2 is 2.50 bits per heavy atom. The van der Waals surface area contributed by atoms with Crippen molar-refractivity contribution < 1.29 is 4.74 Å². The lowest BCUT2D eigenvalue weighted by Gasteiger charge is -2.11. The lowest BCUT2D eigenvalue weighted by atomic mass is 10.1.